The van der Waals surface area contributed by atoms with Crippen LogP contribution >= 0.6 is 0 Å². The molecule has 1 aliphatic rings. The molecule has 1 amide bonds. The van der Waals surface area contributed by atoms with E-state index in [4.69, 9.17) is 4.99 Å². The van der Waals surface area contributed by atoms with Crippen LogP contribution in [-0.2, 0) is 4.79 Å². The Labute approximate surface area is 205 Å². The van der Waals surface area contributed by atoms with Crippen molar-refractivity contribution in [1.82, 2.24) is 0 Å². The van der Waals surface area contributed by atoms with Crippen LogP contribution in [0.3, 0.4) is 0 Å². The van der Waals surface area contributed by atoms with Gasteiger partial charge in [-0.1, -0.05) is 24.3 Å². The number of fused-ring (bicyclic) bond motifs is 1. The monoisotopic (exact) mass is 463 g/mol. The van der Waals surface area contributed by atoms with E-state index in [1.807, 2.05) is 36.4 Å². The van der Waals surface area contributed by atoms with Crippen molar-refractivity contribution < 1.29 is 4.79 Å². The van der Waals surface area contributed by atoms with E-state index >= 15 is 0 Å². The van der Waals surface area contributed by atoms with Gasteiger partial charge in [-0.05, 0) is 56.6 Å². The lowest BCUT2D eigenvalue weighted by atomic mass is 10.0. The van der Waals surface area contributed by atoms with Crippen LogP contribution in [0.15, 0.2) is 68.8 Å². The van der Waals surface area contributed by atoms with Gasteiger partial charge in [-0.15, -0.1) is 0 Å². The minimum absolute atomic E-state index is 0.0633. The van der Waals surface area contributed by atoms with Gasteiger partial charge in [-0.25, -0.2) is 4.99 Å². The van der Waals surface area contributed by atoms with Gasteiger partial charge in [0, 0.05) is 36.8 Å². The SMILES string of the molecule is C=N/C(C#N)=C1/C(=Nc2ccc(N(CC)CC)cc2NC(C)=O)/C(=C(\C#N)N=C)c2ccccc21. The van der Waals surface area contributed by atoms with Gasteiger partial charge in [0.25, 0.3) is 0 Å². The average molecular weight is 464 g/mol. The molecule has 8 heteroatoms. The van der Waals surface area contributed by atoms with Gasteiger partial charge in [0.05, 0.1) is 17.1 Å². The third-order valence-corrected chi connectivity index (χ3v) is 5.59. The Morgan fingerprint density at radius 3 is 1.94 bits per heavy atom. The third-order valence-electron chi connectivity index (χ3n) is 5.59. The van der Waals surface area contributed by atoms with E-state index < -0.39 is 0 Å². The zero-order chi connectivity index (χ0) is 25.5. The smallest absolute Gasteiger partial charge is 0.221 e. The molecule has 8 nitrogen and oxygen atoms in total. The number of hydrogen-bond acceptors (Lipinski definition) is 7. The number of benzene rings is 2. The number of carbonyl (C=O) groups excluding carboxylic acids is 1. The molecule has 2 aromatic rings. The molecule has 0 spiro atoms. The summed E-state index contributed by atoms with van der Waals surface area (Å²) < 4.78 is 0. The summed E-state index contributed by atoms with van der Waals surface area (Å²) in [5, 5.41) is 22.4. The Balaban J connectivity index is 2.41. The molecule has 0 saturated heterocycles. The van der Waals surface area contributed by atoms with Crippen molar-refractivity contribution in [1.29, 1.82) is 10.5 Å². The maximum Gasteiger partial charge on any atom is 0.221 e. The molecule has 0 unspecified atom stereocenters. The van der Waals surface area contributed by atoms with Crippen LogP contribution in [0.2, 0.25) is 0 Å². The Hall–Kier alpha value is -4.82. The summed E-state index contributed by atoms with van der Waals surface area (Å²) in [6.45, 7) is 14.2. The minimum atomic E-state index is -0.250. The van der Waals surface area contributed by atoms with Crippen LogP contribution in [0.25, 0.3) is 11.1 Å². The molecule has 1 N–H and O–H groups in total. The predicted octanol–water partition coefficient (Wildman–Crippen LogP) is 5.15. The van der Waals surface area contributed by atoms with Crippen molar-refractivity contribution >= 4 is 53.3 Å². The second-order valence-corrected chi connectivity index (χ2v) is 7.55. The van der Waals surface area contributed by atoms with Crippen molar-refractivity contribution in [3.63, 3.8) is 0 Å². The minimum Gasteiger partial charge on any atom is -0.372 e. The van der Waals surface area contributed by atoms with Crippen molar-refractivity contribution in [3.8, 4) is 12.1 Å². The van der Waals surface area contributed by atoms with Crippen LogP contribution < -0.4 is 10.2 Å². The lowest BCUT2D eigenvalue weighted by Gasteiger charge is -2.22. The van der Waals surface area contributed by atoms with Crippen molar-refractivity contribution in [2.24, 2.45) is 15.0 Å². The van der Waals surface area contributed by atoms with Crippen molar-refractivity contribution in [3.05, 3.63) is 65.0 Å². The Bertz CT molecular complexity index is 1310. The summed E-state index contributed by atoms with van der Waals surface area (Å²) >= 11 is 0. The third kappa shape index (κ3) is 4.78. The molecule has 0 aromatic heterocycles. The lowest BCUT2D eigenvalue weighted by Crippen LogP contribution is -2.22. The van der Waals surface area contributed by atoms with Crippen LogP contribution in [0.1, 0.15) is 31.9 Å². The highest BCUT2D eigenvalue weighted by atomic mass is 16.1. The van der Waals surface area contributed by atoms with Gasteiger partial charge in [-0.3, -0.25) is 14.8 Å². The Morgan fingerprint density at radius 1 is 0.971 bits per heavy atom. The highest BCUT2D eigenvalue weighted by Crippen LogP contribution is 2.44. The summed E-state index contributed by atoms with van der Waals surface area (Å²) in [5.41, 5.74) is 4.58. The van der Waals surface area contributed by atoms with Crippen LogP contribution in [0, 0.1) is 22.7 Å². The number of nitrogens with one attached hydrogen (secondary N) is 1. The molecular weight excluding hydrogens is 438 g/mol. The number of carbonyl (C=O) groups is 1. The van der Waals surface area contributed by atoms with Gasteiger partial charge in [0.2, 0.25) is 5.91 Å². The average Bonchev–Trinajstić information content (AvgIpc) is 3.17. The van der Waals surface area contributed by atoms with E-state index in [0.29, 0.717) is 39.4 Å². The first-order valence-electron chi connectivity index (χ1n) is 11.0. The largest absolute Gasteiger partial charge is 0.372 e. The number of aliphatic imine (C=N–C) groups is 3. The molecule has 2 aromatic carbocycles. The molecule has 0 heterocycles. The van der Waals surface area contributed by atoms with Crippen LogP contribution in [0.5, 0.6) is 0 Å². The van der Waals surface area contributed by atoms with Crippen LogP contribution in [0.4, 0.5) is 17.1 Å². The number of rotatable bonds is 7. The zero-order valence-electron chi connectivity index (χ0n) is 20.0. The fraction of sp³-hybridized carbons (Fsp3) is 0.185. The highest BCUT2D eigenvalue weighted by molar-refractivity contribution is 6.51. The van der Waals surface area contributed by atoms with Crippen LogP contribution in [-0.4, -0.2) is 38.1 Å². The molecular formula is C27H25N7O. The molecule has 1 aliphatic carbocycles. The first-order chi connectivity index (χ1) is 16.9. The van der Waals surface area contributed by atoms with Crippen molar-refractivity contribution in [2.45, 2.75) is 20.8 Å². The maximum absolute atomic E-state index is 12.0. The molecule has 0 aliphatic heterocycles. The second-order valence-electron chi connectivity index (χ2n) is 7.55. The molecule has 35 heavy (non-hydrogen) atoms. The fourth-order valence-electron chi connectivity index (χ4n) is 4.05. The maximum atomic E-state index is 12.0. The van der Waals surface area contributed by atoms with Gasteiger partial charge in [-0.2, -0.15) is 10.5 Å². The normalized spacial score (nSPS) is 14.7. The number of anilines is 2. The molecule has 0 radical (unpaired) electrons. The lowest BCUT2D eigenvalue weighted by molar-refractivity contribution is -0.114. The van der Waals surface area contributed by atoms with Gasteiger partial charge < -0.3 is 10.2 Å². The van der Waals surface area contributed by atoms with E-state index in [-0.39, 0.29) is 17.3 Å². The molecule has 3 rings (SSSR count). The van der Waals surface area contributed by atoms with Gasteiger partial charge >= 0.3 is 0 Å². The molecule has 0 atom stereocenters. The highest BCUT2D eigenvalue weighted by Gasteiger charge is 2.33. The number of hydrogen-bond donors (Lipinski definition) is 1. The topological polar surface area (TPSA) is 117 Å². The standard InChI is InChI=1S/C27H25N7O/c1-6-34(7-2)18-12-13-21(22(14-18)32-17(3)35)33-27-25(23(15-28)30-4)19-10-8-9-11-20(19)26(27)24(16-29)31-5/h8-14H,4-7H2,1-3H3,(H,32,35)/b25-23+,26-24+. The summed E-state index contributed by atoms with van der Waals surface area (Å²) in [7, 11) is 0. The second kappa shape index (κ2) is 10.9. The zero-order valence-corrected chi connectivity index (χ0v) is 20.0. The first-order valence-corrected chi connectivity index (χ1v) is 11.0. The molecule has 174 valence electrons. The molecule has 0 saturated carbocycles. The summed E-state index contributed by atoms with van der Waals surface area (Å²) in [6.07, 6.45) is 0. The number of amides is 1. The number of allylic oxidation sites excluding steroid dienone is 4. The Kier molecular flexibility index (Phi) is 7.70. The van der Waals surface area contributed by atoms with Crippen molar-refractivity contribution in [2.75, 3.05) is 23.3 Å². The fourth-order valence-corrected chi connectivity index (χ4v) is 4.05. The van der Waals surface area contributed by atoms with E-state index in [0.717, 1.165) is 18.8 Å². The van der Waals surface area contributed by atoms with Gasteiger partial charge in [0.1, 0.15) is 23.5 Å². The molecule has 0 bridgehead atoms. The van der Waals surface area contributed by atoms with Gasteiger partial charge in [0.15, 0.2) is 0 Å². The van der Waals surface area contributed by atoms with E-state index in [1.165, 1.54) is 6.92 Å². The first kappa shape index (κ1) is 24.8. The van der Waals surface area contributed by atoms with E-state index in [1.54, 1.807) is 6.07 Å². The quantitative estimate of drug-likeness (QED) is 0.451. The summed E-state index contributed by atoms with van der Waals surface area (Å²) in [4.78, 5) is 26.8. The number of nitriles is 2. The van der Waals surface area contributed by atoms with E-state index in [2.05, 4.69) is 59.6 Å². The molecule has 0 fully saturated rings. The predicted molar refractivity (Wildman–Crippen MR) is 142 cm³/mol. The summed E-state index contributed by atoms with van der Waals surface area (Å²) in [5.74, 6) is -0.250. The number of nitrogens with zero attached hydrogens (tertiary/aromatic N) is 6. The summed E-state index contributed by atoms with van der Waals surface area (Å²) in [6, 6.07) is 17.0. The van der Waals surface area contributed by atoms with E-state index in [9.17, 15) is 15.3 Å². The Morgan fingerprint density at radius 2 is 1.51 bits per heavy atom.